The molecule has 8 heteroatoms. The second-order valence-electron chi connectivity index (χ2n) is 6.38. The molecule has 1 amide bonds. The van der Waals surface area contributed by atoms with E-state index in [-0.39, 0.29) is 23.2 Å². The van der Waals surface area contributed by atoms with Crippen LogP contribution in [0, 0.1) is 5.92 Å². The Hall–Kier alpha value is -1.28. The number of carbonyl (C=O) groups is 3. The van der Waals surface area contributed by atoms with E-state index in [0.29, 0.717) is 13.0 Å². The summed E-state index contributed by atoms with van der Waals surface area (Å²) in [6.45, 7) is 8.86. The molecular formula is C16H27NO6S. The van der Waals surface area contributed by atoms with Crippen molar-refractivity contribution in [3.05, 3.63) is 0 Å². The summed E-state index contributed by atoms with van der Waals surface area (Å²) >= 11 is 1.58. The molecule has 0 radical (unpaired) electrons. The largest absolute Gasteiger partial charge is 0.480 e. The van der Waals surface area contributed by atoms with E-state index in [4.69, 9.17) is 0 Å². The maximum absolute atomic E-state index is 12.0. The van der Waals surface area contributed by atoms with Crippen molar-refractivity contribution in [2.75, 3.05) is 12.4 Å². The summed E-state index contributed by atoms with van der Waals surface area (Å²) in [4.78, 5) is 34.6. The predicted molar refractivity (Wildman–Crippen MR) is 90.7 cm³/mol. The van der Waals surface area contributed by atoms with Gasteiger partial charge in [0.15, 0.2) is 0 Å². The lowest BCUT2D eigenvalue weighted by molar-refractivity contribution is -0.177. The molecule has 0 bridgehead atoms. The number of thioether (sulfide) groups is 1. The van der Waals surface area contributed by atoms with Crippen LogP contribution >= 0.6 is 11.8 Å². The van der Waals surface area contributed by atoms with Crippen LogP contribution in [0.25, 0.3) is 0 Å². The van der Waals surface area contributed by atoms with E-state index in [1.165, 1.54) is 11.8 Å². The average molecular weight is 361 g/mol. The minimum Gasteiger partial charge on any atom is -0.480 e. The number of aliphatic carboxylic acids is 1. The molecule has 0 spiro atoms. The van der Waals surface area contributed by atoms with Gasteiger partial charge in [0.25, 0.3) is 0 Å². The fourth-order valence-electron chi connectivity index (χ4n) is 3.33. The number of rotatable bonds is 5. The number of ether oxygens (including phenoxy) is 1. The zero-order chi connectivity index (χ0) is 18.7. The van der Waals surface area contributed by atoms with E-state index in [1.54, 1.807) is 32.5 Å². The van der Waals surface area contributed by atoms with Gasteiger partial charge in [-0.25, -0.2) is 4.79 Å². The van der Waals surface area contributed by atoms with Crippen molar-refractivity contribution in [1.29, 1.82) is 0 Å². The zero-order valence-corrected chi connectivity index (χ0v) is 15.6. The van der Waals surface area contributed by atoms with E-state index in [0.717, 1.165) is 5.75 Å². The minimum atomic E-state index is -1.08. The molecule has 0 aromatic carbocycles. The van der Waals surface area contributed by atoms with Gasteiger partial charge < -0.3 is 19.8 Å². The molecular weight excluding hydrogens is 334 g/mol. The summed E-state index contributed by atoms with van der Waals surface area (Å²) in [7, 11) is 0. The van der Waals surface area contributed by atoms with Crippen LogP contribution in [0.4, 0.5) is 0 Å². The van der Waals surface area contributed by atoms with Gasteiger partial charge in [-0.05, 0) is 32.9 Å². The first kappa shape index (κ1) is 20.8. The molecule has 2 fully saturated rings. The summed E-state index contributed by atoms with van der Waals surface area (Å²) < 4.78 is 4.40. The first-order valence-corrected chi connectivity index (χ1v) is 9.13. The molecule has 0 aromatic heterocycles. The van der Waals surface area contributed by atoms with Crippen molar-refractivity contribution in [1.82, 2.24) is 4.90 Å². The van der Waals surface area contributed by atoms with Crippen LogP contribution in [0.15, 0.2) is 0 Å². The quantitative estimate of drug-likeness (QED) is 0.559. The fraction of sp³-hybridized carbons (Fsp3) is 0.812. The lowest BCUT2D eigenvalue weighted by Crippen LogP contribution is -2.67. The number of esters is 1. The number of carbonyl (C=O) groups excluding carboxylic acids is 2. The van der Waals surface area contributed by atoms with Crippen molar-refractivity contribution in [2.45, 2.75) is 64.0 Å². The number of carboxylic acids is 1. The van der Waals surface area contributed by atoms with E-state index in [2.05, 4.69) is 4.74 Å². The molecule has 138 valence electrons. The average Bonchev–Trinajstić information content (AvgIpc) is 2.72. The third kappa shape index (κ3) is 4.42. The Morgan fingerprint density at radius 1 is 1.38 bits per heavy atom. The van der Waals surface area contributed by atoms with Crippen LogP contribution in [0.5, 0.6) is 0 Å². The number of β-lactam (4-membered cyclic amide) rings is 1. The van der Waals surface area contributed by atoms with Crippen molar-refractivity contribution >= 4 is 29.6 Å². The summed E-state index contributed by atoms with van der Waals surface area (Å²) in [5, 5.41) is 19.2. The highest BCUT2D eigenvalue weighted by atomic mass is 32.2. The number of fused-ring (bicyclic) bond motifs is 1. The van der Waals surface area contributed by atoms with Crippen LogP contribution in [0.3, 0.4) is 0 Å². The molecule has 2 aliphatic heterocycles. The Morgan fingerprint density at radius 3 is 2.29 bits per heavy atom. The zero-order valence-electron chi connectivity index (χ0n) is 14.8. The van der Waals surface area contributed by atoms with Gasteiger partial charge in [-0.1, -0.05) is 6.92 Å². The molecule has 0 aliphatic carbocycles. The van der Waals surface area contributed by atoms with Crippen LogP contribution < -0.4 is 0 Å². The molecule has 0 aromatic rings. The summed E-state index contributed by atoms with van der Waals surface area (Å²) in [6.07, 6.45) is 0.663. The first-order valence-electron chi connectivity index (χ1n) is 8.08. The van der Waals surface area contributed by atoms with Crippen molar-refractivity contribution in [2.24, 2.45) is 5.92 Å². The van der Waals surface area contributed by atoms with E-state index in [1.807, 2.05) is 6.92 Å². The first-order chi connectivity index (χ1) is 11.1. The maximum atomic E-state index is 12.0. The highest BCUT2D eigenvalue weighted by molar-refractivity contribution is 7.99. The molecule has 2 rings (SSSR count). The molecule has 2 aliphatic rings. The van der Waals surface area contributed by atoms with Crippen molar-refractivity contribution in [3.8, 4) is 0 Å². The molecule has 4 unspecified atom stereocenters. The molecule has 2 heterocycles. The van der Waals surface area contributed by atoms with Gasteiger partial charge in [-0.15, -0.1) is 0 Å². The minimum absolute atomic E-state index is 0.0613. The standard InChI is InChI=1S/C12H19NO4S.C4H8O2/c1-4-18-7-5-6-8(12(2,3)17)10(14)13(6)9(7)11(15)16;1-3-6-4(2)5/h6-9,17H,4-5H2,1-3H3,(H,15,16);3H2,1-2H3. The summed E-state index contributed by atoms with van der Waals surface area (Å²) in [6, 6.07) is -0.853. The van der Waals surface area contributed by atoms with Crippen molar-refractivity contribution in [3.63, 3.8) is 0 Å². The van der Waals surface area contributed by atoms with Crippen LogP contribution in [-0.2, 0) is 19.1 Å². The number of hydrogen-bond acceptors (Lipinski definition) is 6. The number of aliphatic hydroxyl groups is 1. The second kappa shape index (κ2) is 8.20. The predicted octanol–water partition coefficient (Wildman–Crippen LogP) is 1.13. The van der Waals surface area contributed by atoms with Crippen LogP contribution in [-0.4, -0.2) is 68.3 Å². The Bertz CT molecular complexity index is 489. The lowest BCUT2D eigenvalue weighted by atomic mass is 9.76. The molecule has 4 atom stereocenters. The summed E-state index contributed by atoms with van der Waals surface area (Å²) in [5.74, 6) is -1.000. The number of amides is 1. The van der Waals surface area contributed by atoms with Crippen LogP contribution in [0.2, 0.25) is 0 Å². The van der Waals surface area contributed by atoms with Gasteiger partial charge in [-0.3, -0.25) is 9.59 Å². The van der Waals surface area contributed by atoms with E-state index in [9.17, 15) is 24.6 Å². The monoisotopic (exact) mass is 361 g/mol. The number of nitrogens with zero attached hydrogens (tertiary/aromatic N) is 1. The Balaban J connectivity index is 0.000000413. The molecule has 0 saturated carbocycles. The SMILES string of the molecule is CCOC(C)=O.CCSC1CC2C(C(C)(C)O)C(=O)N2C1C(=O)O. The number of carboxylic acid groups (broad SMARTS) is 1. The molecule has 7 nitrogen and oxygen atoms in total. The van der Waals surface area contributed by atoms with Gasteiger partial charge in [0.1, 0.15) is 6.04 Å². The van der Waals surface area contributed by atoms with E-state index >= 15 is 0 Å². The molecule has 2 N–H and O–H groups in total. The third-order valence-corrected chi connectivity index (χ3v) is 5.34. The second-order valence-corrected chi connectivity index (χ2v) is 7.90. The van der Waals surface area contributed by atoms with Gasteiger partial charge in [0.2, 0.25) is 5.91 Å². The van der Waals surface area contributed by atoms with Crippen LogP contribution in [0.1, 0.15) is 41.0 Å². The van der Waals surface area contributed by atoms with E-state index < -0.39 is 23.5 Å². The highest BCUT2D eigenvalue weighted by Gasteiger charge is 2.63. The maximum Gasteiger partial charge on any atom is 0.327 e. The Kier molecular flexibility index (Phi) is 7.10. The van der Waals surface area contributed by atoms with Gasteiger partial charge in [-0.2, -0.15) is 11.8 Å². The smallest absolute Gasteiger partial charge is 0.327 e. The van der Waals surface area contributed by atoms with Gasteiger partial charge in [0, 0.05) is 18.2 Å². The number of hydrogen-bond donors (Lipinski definition) is 2. The molecule has 24 heavy (non-hydrogen) atoms. The third-order valence-electron chi connectivity index (χ3n) is 4.13. The Labute approximate surface area is 146 Å². The van der Waals surface area contributed by atoms with Crippen molar-refractivity contribution < 1.29 is 29.3 Å². The fourth-order valence-corrected chi connectivity index (χ4v) is 4.52. The van der Waals surface area contributed by atoms with Gasteiger partial charge in [0.05, 0.1) is 18.1 Å². The topological polar surface area (TPSA) is 104 Å². The normalized spacial score (nSPS) is 28.4. The lowest BCUT2D eigenvalue weighted by Gasteiger charge is -2.49. The molecule has 2 saturated heterocycles. The summed E-state index contributed by atoms with van der Waals surface area (Å²) in [5.41, 5.74) is -1.08. The highest BCUT2D eigenvalue weighted by Crippen LogP contribution is 2.47. The van der Waals surface area contributed by atoms with Gasteiger partial charge >= 0.3 is 11.9 Å². The Morgan fingerprint density at radius 2 is 1.96 bits per heavy atom.